The van der Waals surface area contributed by atoms with E-state index >= 15 is 0 Å². The molecule has 0 bridgehead atoms. The van der Waals surface area contributed by atoms with Gasteiger partial charge in [0.25, 0.3) is 0 Å². The van der Waals surface area contributed by atoms with Crippen LogP contribution in [0.3, 0.4) is 0 Å². The van der Waals surface area contributed by atoms with Gasteiger partial charge in [-0.1, -0.05) is 12.1 Å². The lowest BCUT2D eigenvalue weighted by molar-refractivity contribution is -0.387. The van der Waals surface area contributed by atoms with Crippen LogP contribution in [0.15, 0.2) is 18.2 Å². The maximum Gasteiger partial charge on any atom is 0.305 e. The second kappa shape index (κ2) is 6.08. The highest BCUT2D eigenvalue weighted by Gasteiger charge is 2.23. The van der Waals surface area contributed by atoms with Gasteiger partial charge in [-0.3, -0.25) is 15.0 Å². The summed E-state index contributed by atoms with van der Waals surface area (Å²) in [5, 5.41) is 10.7. The molecule has 0 spiro atoms. The number of benzene rings is 1. The molecular formula is C13H17FN2O3. The molecule has 1 aliphatic heterocycles. The third-order valence-electron chi connectivity index (χ3n) is 3.44. The number of methoxy groups -OCH3 is 1. The molecule has 1 saturated heterocycles. The van der Waals surface area contributed by atoms with Crippen molar-refractivity contribution < 1.29 is 14.1 Å². The number of hydrogen-bond donors (Lipinski definition) is 0. The van der Waals surface area contributed by atoms with Gasteiger partial charge in [0.1, 0.15) is 0 Å². The third-order valence-corrected chi connectivity index (χ3v) is 3.44. The summed E-state index contributed by atoms with van der Waals surface area (Å²) in [6.07, 6.45) is 2.16. The van der Waals surface area contributed by atoms with Gasteiger partial charge in [0, 0.05) is 31.8 Å². The van der Waals surface area contributed by atoms with Crippen molar-refractivity contribution in [3.05, 3.63) is 39.7 Å². The predicted octanol–water partition coefficient (Wildman–Crippen LogP) is 2.34. The first kappa shape index (κ1) is 13.9. The first-order valence-electron chi connectivity index (χ1n) is 6.28. The van der Waals surface area contributed by atoms with E-state index in [0.29, 0.717) is 12.1 Å². The highest BCUT2D eigenvalue weighted by Crippen LogP contribution is 2.23. The highest BCUT2D eigenvalue weighted by molar-refractivity contribution is 5.36. The largest absolute Gasteiger partial charge is 0.380 e. The van der Waals surface area contributed by atoms with E-state index in [2.05, 4.69) is 4.90 Å². The van der Waals surface area contributed by atoms with Crippen LogP contribution in [0.25, 0.3) is 0 Å². The standard InChI is InChI=1S/C13H17FN2O3/c1-19-11-5-3-7-15(9-11)8-10-4-2-6-12(13(10)14)16(17)18/h2,4,6,11H,3,5,7-9H2,1H3. The SMILES string of the molecule is COC1CCCN(Cc2cccc([N+](=O)[O-])c2F)C1. The van der Waals surface area contributed by atoms with Gasteiger partial charge in [0.05, 0.1) is 11.0 Å². The van der Waals surface area contributed by atoms with Crippen LogP contribution in [-0.4, -0.2) is 36.1 Å². The van der Waals surface area contributed by atoms with E-state index < -0.39 is 16.4 Å². The van der Waals surface area contributed by atoms with Gasteiger partial charge >= 0.3 is 5.69 Å². The van der Waals surface area contributed by atoms with Gasteiger partial charge in [0.15, 0.2) is 0 Å². The Bertz CT molecular complexity index is 467. The molecule has 1 heterocycles. The average Bonchev–Trinajstić information content (AvgIpc) is 2.41. The number of nitro groups is 1. The number of piperidine rings is 1. The minimum absolute atomic E-state index is 0.163. The molecule has 1 aliphatic rings. The molecule has 1 unspecified atom stereocenters. The van der Waals surface area contributed by atoms with Crippen molar-refractivity contribution in [3.63, 3.8) is 0 Å². The van der Waals surface area contributed by atoms with Crippen LogP contribution in [0.1, 0.15) is 18.4 Å². The van der Waals surface area contributed by atoms with E-state index in [9.17, 15) is 14.5 Å². The number of rotatable bonds is 4. The predicted molar refractivity (Wildman–Crippen MR) is 68.4 cm³/mol. The third kappa shape index (κ3) is 3.27. The van der Waals surface area contributed by atoms with Crippen LogP contribution in [0.5, 0.6) is 0 Å². The number of nitro benzene ring substituents is 1. The molecular weight excluding hydrogens is 251 g/mol. The summed E-state index contributed by atoms with van der Waals surface area (Å²) >= 11 is 0. The Labute approximate surface area is 111 Å². The second-order valence-electron chi connectivity index (χ2n) is 4.74. The van der Waals surface area contributed by atoms with Crippen molar-refractivity contribution in [2.24, 2.45) is 0 Å². The van der Waals surface area contributed by atoms with Crippen LogP contribution in [0.2, 0.25) is 0 Å². The summed E-state index contributed by atoms with van der Waals surface area (Å²) in [6, 6.07) is 4.31. The Kier molecular flexibility index (Phi) is 4.44. The number of hydrogen-bond acceptors (Lipinski definition) is 4. The van der Waals surface area contributed by atoms with Gasteiger partial charge in [-0.05, 0) is 19.4 Å². The number of halogens is 1. The summed E-state index contributed by atoms with van der Waals surface area (Å²) in [6.45, 7) is 1.98. The Hall–Kier alpha value is -1.53. The average molecular weight is 268 g/mol. The van der Waals surface area contributed by atoms with Crippen molar-refractivity contribution in [2.75, 3.05) is 20.2 Å². The Balaban J connectivity index is 2.10. The maximum absolute atomic E-state index is 14.0. The van der Waals surface area contributed by atoms with E-state index in [1.807, 2.05) is 0 Å². The van der Waals surface area contributed by atoms with Gasteiger partial charge in [-0.2, -0.15) is 4.39 Å². The molecule has 1 fully saturated rings. The molecule has 1 aromatic carbocycles. The topological polar surface area (TPSA) is 55.6 Å². The highest BCUT2D eigenvalue weighted by atomic mass is 19.1. The number of ether oxygens (including phenoxy) is 1. The van der Waals surface area contributed by atoms with Crippen molar-refractivity contribution in [3.8, 4) is 0 Å². The van der Waals surface area contributed by atoms with Crippen molar-refractivity contribution in [1.82, 2.24) is 4.90 Å². The van der Waals surface area contributed by atoms with E-state index in [1.165, 1.54) is 12.1 Å². The second-order valence-corrected chi connectivity index (χ2v) is 4.74. The van der Waals surface area contributed by atoms with E-state index in [-0.39, 0.29) is 6.10 Å². The van der Waals surface area contributed by atoms with Crippen LogP contribution < -0.4 is 0 Å². The molecule has 0 radical (unpaired) electrons. The molecule has 104 valence electrons. The summed E-state index contributed by atoms with van der Waals surface area (Å²) in [4.78, 5) is 12.1. The molecule has 5 nitrogen and oxygen atoms in total. The molecule has 0 saturated carbocycles. The molecule has 2 rings (SSSR count). The monoisotopic (exact) mass is 268 g/mol. The fraction of sp³-hybridized carbons (Fsp3) is 0.538. The smallest absolute Gasteiger partial charge is 0.305 e. The quantitative estimate of drug-likeness (QED) is 0.621. The zero-order valence-corrected chi connectivity index (χ0v) is 10.8. The van der Waals surface area contributed by atoms with Crippen LogP contribution in [0, 0.1) is 15.9 Å². The first-order chi connectivity index (χ1) is 9.11. The Morgan fingerprint density at radius 3 is 3.05 bits per heavy atom. The van der Waals surface area contributed by atoms with Crippen molar-refractivity contribution >= 4 is 5.69 Å². The van der Waals surface area contributed by atoms with E-state index in [0.717, 1.165) is 25.9 Å². The van der Waals surface area contributed by atoms with Gasteiger partial charge in [-0.15, -0.1) is 0 Å². The zero-order chi connectivity index (χ0) is 13.8. The Morgan fingerprint density at radius 2 is 2.37 bits per heavy atom. The molecule has 0 amide bonds. The molecule has 0 N–H and O–H groups in total. The van der Waals surface area contributed by atoms with Gasteiger partial charge in [-0.25, -0.2) is 0 Å². The summed E-state index contributed by atoms with van der Waals surface area (Å²) in [7, 11) is 1.67. The van der Waals surface area contributed by atoms with Crippen molar-refractivity contribution in [1.29, 1.82) is 0 Å². The fourth-order valence-corrected chi connectivity index (χ4v) is 2.42. The maximum atomic E-state index is 14.0. The van der Waals surface area contributed by atoms with Gasteiger partial charge < -0.3 is 4.74 Å². The summed E-state index contributed by atoms with van der Waals surface area (Å²) < 4.78 is 19.3. The molecule has 1 atom stereocenters. The van der Waals surface area contributed by atoms with E-state index in [4.69, 9.17) is 4.74 Å². The minimum atomic E-state index is -0.730. The fourth-order valence-electron chi connectivity index (χ4n) is 2.42. The van der Waals surface area contributed by atoms with Crippen LogP contribution in [-0.2, 0) is 11.3 Å². The molecule has 1 aromatic rings. The molecule has 0 aromatic heterocycles. The first-order valence-corrected chi connectivity index (χ1v) is 6.28. The summed E-state index contributed by atoms with van der Waals surface area (Å²) in [5.74, 6) is -0.730. The van der Waals surface area contributed by atoms with Crippen LogP contribution >= 0.6 is 0 Å². The Morgan fingerprint density at radius 1 is 1.58 bits per heavy atom. The summed E-state index contributed by atoms with van der Waals surface area (Å²) in [5.41, 5.74) is -0.0937. The van der Waals surface area contributed by atoms with Gasteiger partial charge in [0.2, 0.25) is 5.82 Å². The number of nitrogens with zero attached hydrogens (tertiary/aromatic N) is 2. The van der Waals surface area contributed by atoms with E-state index in [1.54, 1.807) is 13.2 Å². The lowest BCUT2D eigenvalue weighted by Crippen LogP contribution is -2.38. The molecule has 6 heteroatoms. The molecule has 0 aliphatic carbocycles. The van der Waals surface area contributed by atoms with Crippen molar-refractivity contribution in [2.45, 2.75) is 25.5 Å². The van der Waals surface area contributed by atoms with Crippen LogP contribution in [0.4, 0.5) is 10.1 Å². The lowest BCUT2D eigenvalue weighted by atomic mass is 10.1. The minimum Gasteiger partial charge on any atom is -0.380 e. The normalized spacial score (nSPS) is 20.4. The molecule has 19 heavy (non-hydrogen) atoms. The zero-order valence-electron chi connectivity index (χ0n) is 10.8. The number of likely N-dealkylation sites (tertiary alicyclic amines) is 1. The lowest BCUT2D eigenvalue weighted by Gasteiger charge is -2.31.